The number of rotatable bonds is 4. The average Bonchev–Trinajstić information content (AvgIpc) is 2.97. The van der Waals surface area contributed by atoms with Gasteiger partial charge in [-0.3, -0.25) is 9.67 Å². The Morgan fingerprint density at radius 2 is 2.41 bits per heavy atom. The Labute approximate surface area is 109 Å². The molecule has 0 aromatic carbocycles. The van der Waals surface area contributed by atoms with Gasteiger partial charge in [-0.15, -0.1) is 11.3 Å². The summed E-state index contributed by atoms with van der Waals surface area (Å²) in [6.45, 7) is 3.07. The summed E-state index contributed by atoms with van der Waals surface area (Å²) in [7, 11) is 0. The number of aromatic amines is 1. The van der Waals surface area contributed by atoms with Crippen LogP contribution in [0.3, 0.4) is 0 Å². The Bertz CT molecular complexity index is 575. The molecule has 0 bridgehead atoms. The first kappa shape index (κ1) is 11.2. The fourth-order valence-electron chi connectivity index (χ4n) is 2.10. The second-order valence-corrected chi connectivity index (χ2v) is 5.86. The largest absolute Gasteiger partial charge is 0.299 e. The standard InChI is InChI=1S/C12H15N3S2/c1-2-8-5-6-17-10(8)7-15-11(9-3-4-9)13-14-12(15)16/h5-6,9H,2-4,7H2,1H3,(H,14,16). The van der Waals surface area contributed by atoms with Crippen LogP contribution in [0.5, 0.6) is 0 Å². The number of aryl methyl sites for hydroxylation is 1. The number of aromatic nitrogens is 3. The lowest BCUT2D eigenvalue weighted by molar-refractivity contribution is 0.722. The molecule has 5 heteroatoms. The Balaban J connectivity index is 1.94. The van der Waals surface area contributed by atoms with Gasteiger partial charge in [-0.25, -0.2) is 0 Å². The molecule has 3 rings (SSSR count). The highest BCUT2D eigenvalue weighted by molar-refractivity contribution is 7.71. The maximum absolute atomic E-state index is 5.32. The topological polar surface area (TPSA) is 33.6 Å². The van der Waals surface area contributed by atoms with E-state index in [1.807, 2.05) is 11.3 Å². The summed E-state index contributed by atoms with van der Waals surface area (Å²) < 4.78 is 2.92. The lowest BCUT2D eigenvalue weighted by Crippen LogP contribution is -2.04. The van der Waals surface area contributed by atoms with E-state index in [4.69, 9.17) is 12.2 Å². The highest BCUT2D eigenvalue weighted by atomic mass is 32.1. The molecule has 1 aliphatic carbocycles. The van der Waals surface area contributed by atoms with E-state index in [1.165, 1.54) is 23.3 Å². The van der Waals surface area contributed by atoms with E-state index in [1.54, 1.807) is 0 Å². The quantitative estimate of drug-likeness (QED) is 0.859. The fraction of sp³-hybridized carbons (Fsp3) is 0.500. The molecule has 1 N–H and O–H groups in total. The molecule has 3 nitrogen and oxygen atoms in total. The third-order valence-electron chi connectivity index (χ3n) is 3.25. The molecule has 2 aromatic rings. The minimum atomic E-state index is 0.632. The third-order valence-corrected chi connectivity index (χ3v) is 4.51. The molecule has 90 valence electrons. The summed E-state index contributed by atoms with van der Waals surface area (Å²) in [6.07, 6.45) is 3.60. The zero-order valence-electron chi connectivity index (χ0n) is 9.77. The smallest absolute Gasteiger partial charge is 0.195 e. The molecular weight excluding hydrogens is 250 g/mol. The van der Waals surface area contributed by atoms with Gasteiger partial charge in [0.05, 0.1) is 6.54 Å². The molecule has 0 radical (unpaired) electrons. The Kier molecular flexibility index (Phi) is 2.88. The molecule has 17 heavy (non-hydrogen) atoms. The van der Waals surface area contributed by atoms with Gasteiger partial charge in [-0.05, 0) is 48.5 Å². The summed E-state index contributed by atoms with van der Waals surface area (Å²) >= 11 is 7.14. The van der Waals surface area contributed by atoms with Crippen LogP contribution in [-0.4, -0.2) is 14.8 Å². The molecular formula is C12H15N3S2. The van der Waals surface area contributed by atoms with Crippen LogP contribution in [0.25, 0.3) is 0 Å². The molecule has 0 amide bonds. The Hall–Kier alpha value is -0.940. The van der Waals surface area contributed by atoms with Gasteiger partial charge in [-0.2, -0.15) is 5.10 Å². The molecule has 0 spiro atoms. The van der Waals surface area contributed by atoms with Crippen molar-refractivity contribution in [2.75, 3.05) is 0 Å². The van der Waals surface area contributed by atoms with Crippen LogP contribution in [0.1, 0.15) is 41.9 Å². The molecule has 1 fully saturated rings. The van der Waals surface area contributed by atoms with E-state index >= 15 is 0 Å². The number of H-pyrrole nitrogens is 1. The zero-order chi connectivity index (χ0) is 11.8. The summed E-state index contributed by atoms with van der Waals surface area (Å²) in [5.74, 6) is 1.78. The maximum Gasteiger partial charge on any atom is 0.195 e. The van der Waals surface area contributed by atoms with Gasteiger partial charge in [0.25, 0.3) is 0 Å². The van der Waals surface area contributed by atoms with Gasteiger partial charge < -0.3 is 0 Å². The normalized spacial score (nSPS) is 15.4. The molecule has 2 aromatic heterocycles. The van der Waals surface area contributed by atoms with E-state index in [2.05, 4.69) is 33.1 Å². The van der Waals surface area contributed by atoms with E-state index in [9.17, 15) is 0 Å². The van der Waals surface area contributed by atoms with E-state index < -0.39 is 0 Å². The highest BCUT2D eigenvalue weighted by Gasteiger charge is 2.29. The van der Waals surface area contributed by atoms with Gasteiger partial charge in [0.1, 0.15) is 5.82 Å². The summed E-state index contributed by atoms with van der Waals surface area (Å²) in [5, 5.41) is 9.45. The van der Waals surface area contributed by atoms with E-state index in [0.717, 1.165) is 23.6 Å². The summed E-state index contributed by atoms with van der Waals surface area (Å²) in [4.78, 5) is 1.41. The van der Waals surface area contributed by atoms with Crippen molar-refractivity contribution in [3.63, 3.8) is 0 Å². The van der Waals surface area contributed by atoms with E-state index in [-0.39, 0.29) is 0 Å². The minimum Gasteiger partial charge on any atom is -0.299 e. The van der Waals surface area contributed by atoms with Crippen LogP contribution < -0.4 is 0 Å². The van der Waals surface area contributed by atoms with Crippen LogP contribution in [0, 0.1) is 4.77 Å². The molecule has 1 aliphatic rings. The molecule has 0 unspecified atom stereocenters. The number of thiophene rings is 1. The van der Waals surface area contributed by atoms with Crippen molar-refractivity contribution in [3.05, 3.63) is 32.5 Å². The molecule has 1 saturated carbocycles. The van der Waals surface area contributed by atoms with Crippen molar-refractivity contribution in [1.82, 2.24) is 14.8 Å². The number of hydrogen-bond donors (Lipinski definition) is 1. The zero-order valence-corrected chi connectivity index (χ0v) is 11.4. The van der Waals surface area contributed by atoms with Crippen molar-refractivity contribution < 1.29 is 0 Å². The van der Waals surface area contributed by atoms with Crippen molar-refractivity contribution >= 4 is 23.6 Å². The van der Waals surface area contributed by atoms with Crippen molar-refractivity contribution in [2.45, 2.75) is 38.6 Å². The highest BCUT2D eigenvalue weighted by Crippen LogP contribution is 2.39. The van der Waals surface area contributed by atoms with Crippen molar-refractivity contribution in [2.24, 2.45) is 0 Å². The van der Waals surface area contributed by atoms with Crippen LogP contribution in [0.4, 0.5) is 0 Å². The Morgan fingerprint density at radius 1 is 1.59 bits per heavy atom. The predicted molar refractivity (Wildman–Crippen MR) is 72.2 cm³/mol. The lowest BCUT2D eigenvalue weighted by atomic mass is 10.2. The van der Waals surface area contributed by atoms with Crippen molar-refractivity contribution in [3.8, 4) is 0 Å². The Morgan fingerprint density at radius 3 is 3.12 bits per heavy atom. The van der Waals surface area contributed by atoms with Gasteiger partial charge in [-0.1, -0.05) is 6.92 Å². The van der Waals surface area contributed by atoms with Crippen LogP contribution in [-0.2, 0) is 13.0 Å². The SMILES string of the molecule is CCc1ccsc1Cn1c(C2CC2)n[nH]c1=S. The third kappa shape index (κ3) is 2.09. The van der Waals surface area contributed by atoms with Gasteiger partial charge in [0.2, 0.25) is 0 Å². The van der Waals surface area contributed by atoms with Crippen LogP contribution in [0.15, 0.2) is 11.4 Å². The average molecular weight is 265 g/mol. The second-order valence-electron chi connectivity index (χ2n) is 4.47. The monoisotopic (exact) mass is 265 g/mol. The second kappa shape index (κ2) is 4.38. The van der Waals surface area contributed by atoms with Crippen LogP contribution in [0.2, 0.25) is 0 Å². The van der Waals surface area contributed by atoms with Gasteiger partial charge in [0, 0.05) is 10.8 Å². The van der Waals surface area contributed by atoms with Gasteiger partial charge >= 0.3 is 0 Å². The number of hydrogen-bond acceptors (Lipinski definition) is 3. The number of nitrogens with one attached hydrogen (secondary N) is 1. The fourth-order valence-corrected chi connectivity index (χ4v) is 3.27. The first-order valence-electron chi connectivity index (χ1n) is 6.00. The lowest BCUT2D eigenvalue weighted by Gasteiger charge is -2.06. The number of nitrogens with zero attached hydrogens (tertiary/aromatic N) is 2. The van der Waals surface area contributed by atoms with Crippen LogP contribution >= 0.6 is 23.6 Å². The molecule has 0 atom stereocenters. The van der Waals surface area contributed by atoms with Gasteiger partial charge in [0.15, 0.2) is 4.77 Å². The predicted octanol–water partition coefficient (Wildman–Crippen LogP) is 3.49. The summed E-state index contributed by atoms with van der Waals surface area (Å²) in [5.41, 5.74) is 1.43. The van der Waals surface area contributed by atoms with Crippen molar-refractivity contribution in [1.29, 1.82) is 0 Å². The summed E-state index contributed by atoms with van der Waals surface area (Å²) in [6, 6.07) is 2.21. The molecule has 0 aliphatic heterocycles. The first-order valence-corrected chi connectivity index (χ1v) is 7.28. The first-order chi connectivity index (χ1) is 8.29. The minimum absolute atomic E-state index is 0.632. The maximum atomic E-state index is 5.32. The molecule has 2 heterocycles. The molecule has 0 saturated heterocycles. The van der Waals surface area contributed by atoms with E-state index in [0.29, 0.717) is 5.92 Å².